The lowest BCUT2D eigenvalue weighted by molar-refractivity contribution is 0.153. The van der Waals surface area contributed by atoms with Crippen LogP contribution in [0.3, 0.4) is 0 Å². The van der Waals surface area contributed by atoms with E-state index >= 15 is 0 Å². The van der Waals surface area contributed by atoms with Crippen molar-refractivity contribution in [3.05, 3.63) is 24.2 Å². The van der Waals surface area contributed by atoms with Crippen LogP contribution in [0.2, 0.25) is 0 Å². The Bertz CT molecular complexity index is 524. The Morgan fingerprint density at radius 2 is 2.28 bits per heavy atom. The number of pyridine rings is 1. The molecule has 18 heavy (non-hydrogen) atoms. The molecule has 2 atom stereocenters. The maximum atomic E-state index is 6.23. The standard InChI is InChI=1S/C13H18ClN3O/c1-4-10(8-18-3)17-12(9(2)14)16-11-6-5-7-15-13(11)17/h5-7,9-10H,4,8H2,1-3H3. The Labute approximate surface area is 112 Å². The van der Waals surface area contributed by atoms with Crippen LogP contribution in [0.15, 0.2) is 18.3 Å². The van der Waals surface area contributed by atoms with Crippen LogP contribution in [0.25, 0.3) is 11.2 Å². The SMILES string of the molecule is CCC(COC)n1c(C(C)Cl)nc2cccnc21. The molecule has 0 aromatic carbocycles. The van der Waals surface area contributed by atoms with Gasteiger partial charge >= 0.3 is 0 Å². The maximum Gasteiger partial charge on any atom is 0.160 e. The molecule has 0 aliphatic rings. The van der Waals surface area contributed by atoms with E-state index in [9.17, 15) is 0 Å². The van der Waals surface area contributed by atoms with Gasteiger partial charge in [-0.3, -0.25) is 0 Å². The van der Waals surface area contributed by atoms with Crippen molar-refractivity contribution in [1.82, 2.24) is 14.5 Å². The predicted octanol–water partition coefficient (Wildman–Crippen LogP) is 3.33. The van der Waals surface area contributed by atoms with Crippen molar-refractivity contribution >= 4 is 22.8 Å². The van der Waals surface area contributed by atoms with Crippen LogP contribution < -0.4 is 0 Å². The van der Waals surface area contributed by atoms with Gasteiger partial charge in [0, 0.05) is 13.3 Å². The summed E-state index contributed by atoms with van der Waals surface area (Å²) in [6.45, 7) is 4.69. The average Bonchev–Trinajstić information content (AvgIpc) is 2.75. The molecule has 0 aliphatic heterocycles. The second-order valence-electron chi connectivity index (χ2n) is 4.32. The number of nitrogens with zero attached hydrogens (tertiary/aromatic N) is 3. The molecule has 0 N–H and O–H groups in total. The van der Waals surface area contributed by atoms with Crippen molar-refractivity contribution in [2.24, 2.45) is 0 Å². The van der Waals surface area contributed by atoms with E-state index in [-0.39, 0.29) is 11.4 Å². The van der Waals surface area contributed by atoms with Crippen LogP contribution in [0, 0.1) is 0 Å². The molecule has 4 nitrogen and oxygen atoms in total. The first-order valence-electron chi connectivity index (χ1n) is 6.14. The molecule has 0 radical (unpaired) electrons. The predicted molar refractivity (Wildman–Crippen MR) is 73.0 cm³/mol. The minimum absolute atomic E-state index is 0.148. The third-order valence-electron chi connectivity index (χ3n) is 3.03. The molecule has 0 spiro atoms. The van der Waals surface area contributed by atoms with Gasteiger partial charge in [0.15, 0.2) is 5.65 Å². The highest BCUT2D eigenvalue weighted by Gasteiger charge is 2.21. The molecule has 98 valence electrons. The minimum Gasteiger partial charge on any atom is -0.383 e. The number of hydrogen-bond acceptors (Lipinski definition) is 3. The average molecular weight is 268 g/mol. The monoisotopic (exact) mass is 267 g/mol. The summed E-state index contributed by atoms with van der Waals surface area (Å²) in [5, 5.41) is -0.148. The van der Waals surface area contributed by atoms with Crippen LogP contribution in [-0.2, 0) is 4.74 Å². The summed E-state index contributed by atoms with van der Waals surface area (Å²) in [4.78, 5) is 9.00. The van der Waals surface area contributed by atoms with Gasteiger partial charge in [-0.2, -0.15) is 0 Å². The Kier molecular flexibility index (Phi) is 4.19. The number of fused-ring (bicyclic) bond motifs is 1. The molecule has 0 fully saturated rings. The fourth-order valence-electron chi connectivity index (χ4n) is 2.16. The fraction of sp³-hybridized carbons (Fsp3) is 0.538. The summed E-state index contributed by atoms with van der Waals surface area (Å²) in [5.74, 6) is 0.856. The lowest BCUT2D eigenvalue weighted by Crippen LogP contribution is -2.17. The molecule has 2 unspecified atom stereocenters. The molecule has 2 rings (SSSR count). The molecular weight excluding hydrogens is 250 g/mol. The molecule has 0 bridgehead atoms. The summed E-state index contributed by atoms with van der Waals surface area (Å²) < 4.78 is 7.39. The number of halogens is 1. The Balaban J connectivity index is 2.60. The molecule has 5 heteroatoms. The number of alkyl halides is 1. The summed E-state index contributed by atoms with van der Waals surface area (Å²) in [7, 11) is 1.71. The van der Waals surface area contributed by atoms with E-state index < -0.39 is 0 Å². The van der Waals surface area contributed by atoms with Gasteiger partial charge in [-0.15, -0.1) is 11.6 Å². The van der Waals surface area contributed by atoms with Gasteiger partial charge < -0.3 is 9.30 Å². The van der Waals surface area contributed by atoms with Crippen molar-refractivity contribution < 1.29 is 4.74 Å². The highest BCUT2D eigenvalue weighted by molar-refractivity contribution is 6.20. The molecule has 0 saturated carbocycles. The largest absolute Gasteiger partial charge is 0.383 e. The molecule has 2 aromatic heterocycles. The van der Waals surface area contributed by atoms with Crippen LogP contribution in [0.1, 0.15) is 37.5 Å². The van der Waals surface area contributed by atoms with Gasteiger partial charge in [0.2, 0.25) is 0 Å². The fourth-order valence-corrected chi connectivity index (χ4v) is 2.31. The van der Waals surface area contributed by atoms with Crippen molar-refractivity contribution in [2.75, 3.05) is 13.7 Å². The number of hydrogen-bond donors (Lipinski definition) is 0. The zero-order valence-electron chi connectivity index (χ0n) is 10.9. The second-order valence-corrected chi connectivity index (χ2v) is 4.97. The molecule has 0 aliphatic carbocycles. The Morgan fingerprint density at radius 1 is 1.50 bits per heavy atom. The van der Waals surface area contributed by atoms with Gasteiger partial charge in [-0.25, -0.2) is 9.97 Å². The Hall–Kier alpha value is -1.13. The van der Waals surface area contributed by atoms with Gasteiger partial charge in [0.25, 0.3) is 0 Å². The van der Waals surface area contributed by atoms with Gasteiger partial charge in [0.05, 0.1) is 18.0 Å². The van der Waals surface area contributed by atoms with Crippen LogP contribution >= 0.6 is 11.6 Å². The molecule has 0 amide bonds. The van der Waals surface area contributed by atoms with Gasteiger partial charge in [-0.1, -0.05) is 6.92 Å². The minimum atomic E-state index is -0.148. The number of ether oxygens (including phenoxy) is 1. The highest BCUT2D eigenvalue weighted by Crippen LogP contribution is 2.28. The first-order valence-corrected chi connectivity index (χ1v) is 6.58. The van der Waals surface area contributed by atoms with E-state index in [2.05, 4.69) is 21.5 Å². The topological polar surface area (TPSA) is 39.9 Å². The van der Waals surface area contributed by atoms with Gasteiger partial charge in [-0.05, 0) is 25.5 Å². The van der Waals surface area contributed by atoms with E-state index in [1.807, 2.05) is 19.1 Å². The molecular formula is C13H18ClN3O. The van der Waals surface area contributed by atoms with E-state index in [1.54, 1.807) is 13.3 Å². The second kappa shape index (κ2) is 5.67. The van der Waals surface area contributed by atoms with E-state index in [0.717, 1.165) is 23.4 Å². The van der Waals surface area contributed by atoms with Crippen LogP contribution in [0.4, 0.5) is 0 Å². The summed E-state index contributed by atoms with van der Waals surface area (Å²) in [6.07, 6.45) is 2.73. The smallest absolute Gasteiger partial charge is 0.160 e. The van der Waals surface area contributed by atoms with Crippen molar-refractivity contribution in [3.63, 3.8) is 0 Å². The van der Waals surface area contributed by atoms with E-state index in [1.165, 1.54) is 0 Å². The zero-order valence-corrected chi connectivity index (χ0v) is 11.7. The lowest BCUT2D eigenvalue weighted by atomic mass is 10.2. The van der Waals surface area contributed by atoms with Crippen LogP contribution in [-0.4, -0.2) is 28.3 Å². The number of aromatic nitrogens is 3. The maximum absolute atomic E-state index is 6.23. The molecule has 2 heterocycles. The number of rotatable bonds is 5. The van der Waals surface area contributed by atoms with Crippen molar-refractivity contribution in [3.8, 4) is 0 Å². The number of imidazole rings is 1. The molecule has 2 aromatic rings. The van der Waals surface area contributed by atoms with Gasteiger partial charge in [0.1, 0.15) is 11.3 Å². The Morgan fingerprint density at radius 3 is 2.89 bits per heavy atom. The van der Waals surface area contributed by atoms with E-state index in [4.69, 9.17) is 16.3 Å². The normalized spacial score (nSPS) is 14.9. The molecule has 0 saturated heterocycles. The van der Waals surface area contributed by atoms with Crippen LogP contribution in [0.5, 0.6) is 0 Å². The zero-order chi connectivity index (χ0) is 13.1. The summed E-state index contributed by atoms with van der Waals surface area (Å²) in [6, 6.07) is 4.06. The highest BCUT2D eigenvalue weighted by atomic mass is 35.5. The van der Waals surface area contributed by atoms with Crippen molar-refractivity contribution in [1.29, 1.82) is 0 Å². The first kappa shape index (κ1) is 13.3. The summed E-state index contributed by atoms with van der Waals surface area (Å²) in [5.41, 5.74) is 1.76. The summed E-state index contributed by atoms with van der Waals surface area (Å²) >= 11 is 6.23. The first-order chi connectivity index (χ1) is 8.69. The lowest BCUT2D eigenvalue weighted by Gasteiger charge is -2.19. The van der Waals surface area contributed by atoms with E-state index in [0.29, 0.717) is 6.61 Å². The quantitative estimate of drug-likeness (QED) is 0.780. The van der Waals surface area contributed by atoms with Crippen molar-refractivity contribution in [2.45, 2.75) is 31.7 Å². The third-order valence-corrected chi connectivity index (χ3v) is 3.22. The third kappa shape index (κ3) is 2.35. The number of methoxy groups -OCH3 is 1.